The van der Waals surface area contributed by atoms with Gasteiger partial charge in [0.05, 0.1) is 12.2 Å². The van der Waals surface area contributed by atoms with Crippen molar-refractivity contribution in [3.8, 4) is 5.75 Å². The van der Waals surface area contributed by atoms with Gasteiger partial charge in [0.25, 0.3) is 5.91 Å². The largest absolute Gasteiger partial charge is 0.507 e. The minimum atomic E-state index is -0.277. The topological polar surface area (TPSA) is 58.6 Å². The first-order valence-electron chi connectivity index (χ1n) is 5.55. The standard InChI is InChI=1S/C12H15Br2NO3/c13-4-7-18-6-1-5-15-12(17)10-3-2-9(14)8-11(10)16/h2-3,8,16H,1,4-7H2,(H,15,17). The average Bonchev–Trinajstić information content (AvgIpc) is 2.33. The molecule has 0 saturated heterocycles. The number of nitrogens with one attached hydrogen (secondary N) is 1. The Morgan fingerprint density at radius 1 is 1.39 bits per heavy atom. The van der Waals surface area contributed by atoms with Crippen molar-refractivity contribution in [1.29, 1.82) is 0 Å². The van der Waals surface area contributed by atoms with Gasteiger partial charge in [-0.1, -0.05) is 31.9 Å². The Morgan fingerprint density at radius 3 is 2.83 bits per heavy atom. The third kappa shape index (κ3) is 5.37. The Hall–Kier alpha value is -0.590. The third-order valence-electron chi connectivity index (χ3n) is 2.18. The van der Waals surface area contributed by atoms with Gasteiger partial charge in [0, 0.05) is 23.0 Å². The molecule has 4 nitrogen and oxygen atoms in total. The summed E-state index contributed by atoms with van der Waals surface area (Å²) in [4.78, 5) is 11.7. The number of benzene rings is 1. The van der Waals surface area contributed by atoms with Crippen molar-refractivity contribution in [2.24, 2.45) is 0 Å². The van der Waals surface area contributed by atoms with E-state index in [9.17, 15) is 9.90 Å². The molecule has 0 fully saturated rings. The highest BCUT2D eigenvalue weighted by Gasteiger charge is 2.10. The molecule has 0 aliphatic carbocycles. The molecular formula is C12H15Br2NO3. The lowest BCUT2D eigenvalue weighted by Crippen LogP contribution is -2.25. The molecule has 0 heterocycles. The van der Waals surface area contributed by atoms with E-state index in [1.54, 1.807) is 12.1 Å². The summed E-state index contributed by atoms with van der Waals surface area (Å²) in [5, 5.41) is 13.2. The molecule has 0 spiro atoms. The number of amides is 1. The number of carbonyl (C=O) groups excluding carboxylic acids is 1. The fraction of sp³-hybridized carbons (Fsp3) is 0.417. The second-order valence-corrected chi connectivity index (χ2v) is 5.28. The van der Waals surface area contributed by atoms with Crippen LogP contribution in [-0.2, 0) is 4.74 Å². The van der Waals surface area contributed by atoms with Crippen LogP contribution in [0.5, 0.6) is 5.75 Å². The summed E-state index contributed by atoms with van der Waals surface area (Å²) in [5.74, 6) is -0.307. The van der Waals surface area contributed by atoms with E-state index in [0.717, 1.165) is 16.2 Å². The number of halogens is 2. The summed E-state index contributed by atoms with van der Waals surface area (Å²) in [6, 6.07) is 4.79. The quantitative estimate of drug-likeness (QED) is 0.564. The highest BCUT2D eigenvalue weighted by Crippen LogP contribution is 2.21. The van der Waals surface area contributed by atoms with Gasteiger partial charge in [-0.15, -0.1) is 0 Å². The van der Waals surface area contributed by atoms with Crippen molar-refractivity contribution in [3.63, 3.8) is 0 Å². The molecule has 1 aromatic rings. The Balaban J connectivity index is 2.32. The average molecular weight is 381 g/mol. The monoisotopic (exact) mass is 379 g/mol. The summed E-state index contributed by atoms with van der Waals surface area (Å²) in [6.45, 7) is 1.80. The summed E-state index contributed by atoms with van der Waals surface area (Å²) in [5.41, 5.74) is 0.277. The molecule has 2 N–H and O–H groups in total. The number of aromatic hydroxyl groups is 1. The molecule has 0 unspecified atom stereocenters. The van der Waals surface area contributed by atoms with Gasteiger partial charge in [-0.2, -0.15) is 0 Å². The van der Waals surface area contributed by atoms with Gasteiger partial charge in [0.2, 0.25) is 0 Å². The molecule has 100 valence electrons. The van der Waals surface area contributed by atoms with Crippen LogP contribution in [0.2, 0.25) is 0 Å². The zero-order valence-corrected chi connectivity index (χ0v) is 13.0. The highest BCUT2D eigenvalue weighted by molar-refractivity contribution is 9.10. The fourth-order valence-corrected chi connectivity index (χ4v) is 1.90. The van der Waals surface area contributed by atoms with E-state index >= 15 is 0 Å². The minimum absolute atomic E-state index is 0.0302. The van der Waals surface area contributed by atoms with Gasteiger partial charge >= 0.3 is 0 Å². The number of hydrogen-bond acceptors (Lipinski definition) is 3. The van der Waals surface area contributed by atoms with Crippen molar-refractivity contribution in [2.45, 2.75) is 6.42 Å². The molecule has 0 atom stereocenters. The summed E-state index contributed by atoms with van der Waals surface area (Å²) in [6.07, 6.45) is 0.746. The Kier molecular flexibility index (Phi) is 7.31. The molecule has 6 heteroatoms. The molecule has 1 rings (SSSR count). The first-order valence-corrected chi connectivity index (χ1v) is 7.47. The molecule has 0 saturated carbocycles. The number of phenols is 1. The van der Waals surface area contributed by atoms with Crippen LogP contribution in [0.15, 0.2) is 22.7 Å². The number of ether oxygens (including phenoxy) is 1. The molecular weight excluding hydrogens is 366 g/mol. The van der Waals surface area contributed by atoms with E-state index in [4.69, 9.17) is 4.74 Å². The van der Waals surface area contributed by atoms with Gasteiger partial charge in [-0.25, -0.2) is 0 Å². The first-order chi connectivity index (χ1) is 8.65. The maximum absolute atomic E-state index is 11.7. The van der Waals surface area contributed by atoms with Gasteiger partial charge in [-0.05, 0) is 24.6 Å². The lowest BCUT2D eigenvalue weighted by atomic mass is 10.2. The second kappa shape index (κ2) is 8.50. The van der Waals surface area contributed by atoms with E-state index < -0.39 is 0 Å². The molecule has 0 radical (unpaired) electrons. The second-order valence-electron chi connectivity index (χ2n) is 3.57. The predicted molar refractivity (Wildman–Crippen MR) is 77.4 cm³/mol. The number of alkyl halides is 1. The normalized spacial score (nSPS) is 10.3. The number of rotatable bonds is 7. The molecule has 1 aromatic carbocycles. The lowest BCUT2D eigenvalue weighted by molar-refractivity contribution is 0.0942. The lowest BCUT2D eigenvalue weighted by Gasteiger charge is -2.07. The van der Waals surface area contributed by atoms with Crippen molar-refractivity contribution in [2.75, 3.05) is 25.1 Å². The molecule has 0 aliphatic rings. The van der Waals surface area contributed by atoms with Crippen LogP contribution in [0.25, 0.3) is 0 Å². The maximum Gasteiger partial charge on any atom is 0.255 e. The van der Waals surface area contributed by atoms with Crippen LogP contribution in [0.1, 0.15) is 16.8 Å². The number of phenolic OH excluding ortho intramolecular Hbond substituents is 1. The Labute approximate surface area is 123 Å². The summed E-state index contributed by atoms with van der Waals surface area (Å²) >= 11 is 6.48. The van der Waals surface area contributed by atoms with Crippen molar-refractivity contribution in [3.05, 3.63) is 28.2 Å². The van der Waals surface area contributed by atoms with E-state index in [1.807, 2.05) is 0 Å². The highest BCUT2D eigenvalue weighted by atomic mass is 79.9. The van der Waals surface area contributed by atoms with Crippen molar-refractivity contribution in [1.82, 2.24) is 5.32 Å². The van der Waals surface area contributed by atoms with Crippen molar-refractivity contribution < 1.29 is 14.6 Å². The molecule has 0 bridgehead atoms. The third-order valence-corrected chi connectivity index (χ3v) is 2.99. The molecule has 18 heavy (non-hydrogen) atoms. The maximum atomic E-state index is 11.7. The van der Waals surface area contributed by atoms with Crippen LogP contribution in [-0.4, -0.2) is 36.1 Å². The molecule has 1 amide bonds. The Bertz CT molecular complexity index is 399. The smallest absolute Gasteiger partial charge is 0.255 e. The molecule has 0 aromatic heterocycles. The summed E-state index contributed by atoms with van der Waals surface area (Å²) in [7, 11) is 0. The summed E-state index contributed by atoms with van der Waals surface area (Å²) < 4.78 is 5.99. The number of hydrogen-bond donors (Lipinski definition) is 2. The number of carbonyl (C=O) groups is 1. The van der Waals surface area contributed by atoms with E-state index in [2.05, 4.69) is 37.2 Å². The predicted octanol–water partition coefficient (Wildman–Crippen LogP) is 2.69. The van der Waals surface area contributed by atoms with Crippen LogP contribution in [0.3, 0.4) is 0 Å². The van der Waals surface area contributed by atoms with Gasteiger partial charge in [0.1, 0.15) is 5.75 Å². The zero-order valence-electron chi connectivity index (χ0n) is 9.79. The van der Waals surface area contributed by atoms with Crippen molar-refractivity contribution >= 4 is 37.8 Å². The molecule has 0 aliphatic heterocycles. The van der Waals surface area contributed by atoms with Crippen LogP contribution in [0.4, 0.5) is 0 Å². The van der Waals surface area contributed by atoms with E-state index in [0.29, 0.717) is 19.8 Å². The van der Waals surface area contributed by atoms with Gasteiger partial charge in [-0.3, -0.25) is 4.79 Å². The fourth-order valence-electron chi connectivity index (χ4n) is 1.32. The van der Waals surface area contributed by atoms with E-state index in [1.165, 1.54) is 6.07 Å². The van der Waals surface area contributed by atoms with Crippen LogP contribution < -0.4 is 5.32 Å². The van der Waals surface area contributed by atoms with Gasteiger partial charge < -0.3 is 15.2 Å². The first kappa shape index (κ1) is 15.5. The minimum Gasteiger partial charge on any atom is -0.507 e. The van der Waals surface area contributed by atoms with Gasteiger partial charge in [0.15, 0.2) is 0 Å². The van der Waals surface area contributed by atoms with Crippen LogP contribution in [0, 0.1) is 0 Å². The SMILES string of the molecule is O=C(NCCCOCCBr)c1ccc(Br)cc1O. The Morgan fingerprint density at radius 2 is 2.17 bits per heavy atom. The van der Waals surface area contributed by atoms with Crippen LogP contribution >= 0.6 is 31.9 Å². The van der Waals surface area contributed by atoms with E-state index in [-0.39, 0.29) is 17.2 Å². The zero-order chi connectivity index (χ0) is 13.4.